The molecule has 6 heteroatoms. The van der Waals surface area contributed by atoms with Gasteiger partial charge in [0.25, 0.3) is 5.91 Å². The molecule has 1 aliphatic heterocycles. The molecule has 6 nitrogen and oxygen atoms in total. The summed E-state index contributed by atoms with van der Waals surface area (Å²) in [5.74, 6) is -0.220. The van der Waals surface area contributed by atoms with Crippen molar-refractivity contribution in [2.75, 3.05) is 26.9 Å². The van der Waals surface area contributed by atoms with Crippen molar-refractivity contribution in [3.8, 4) is 5.75 Å². The molecule has 29 heavy (non-hydrogen) atoms. The minimum absolute atomic E-state index is 0.0440. The Morgan fingerprint density at radius 1 is 1.17 bits per heavy atom. The van der Waals surface area contributed by atoms with Crippen molar-refractivity contribution >= 4 is 23.5 Å². The average Bonchev–Trinajstić information content (AvgIpc) is 3.29. The van der Waals surface area contributed by atoms with Crippen molar-refractivity contribution in [3.63, 3.8) is 0 Å². The SMILES string of the molecule is COc1cccc(/C=C(/C(=O)OCC(=O)NC[C@H]2CCCO2)c2ccccc2)c1. The van der Waals surface area contributed by atoms with Crippen LogP contribution in [0.5, 0.6) is 5.75 Å². The third-order valence-electron chi connectivity index (χ3n) is 4.59. The highest BCUT2D eigenvalue weighted by atomic mass is 16.5. The molecule has 152 valence electrons. The Kier molecular flexibility index (Phi) is 7.41. The van der Waals surface area contributed by atoms with Crippen LogP contribution in [0.1, 0.15) is 24.0 Å². The van der Waals surface area contributed by atoms with E-state index in [9.17, 15) is 9.59 Å². The van der Waals surface area contributed by atoms with E-state index in [1.54, 1.807) is 13.2 Å². The van der Waals surface area contributed by atoms with Crippen LogP contribution in [0, 0.1) is 0 Å². The third kappa shape index (κ3) is 6.19. The summed E-state index contributed by atoms with van der Waals surface area (Å²) in [6, 6.07) is 16.6. The maximum absolute atomic E-state index is 12.7. The van der Waals surface area contributed by atoms with Gasteiger partial charge in [-0.15, -0.1) is 0 Å². The van der Waals surface area contributed by atoms with Crippen LogP contribution in [0.15, 0.2) is 54.6 Å². The highest BCUT2D eigenvalue weighted by Gasteiger charge is 2.18. The summed E-state index contributed by atoms with van der Waals surface area (Å²) in [6.07, 6.45) is 3.71. The lowest BCUT2D eigenvalue weighted by molar-refractivity contribution is -0.143. The average molecular weight is 395 g/mol. The summed E-state index contributed by atoms with van der Waals surface area (Å²) in [7, 11) is 1.59. The van der Waals surface area contributed by atoms with E-state index in [2.05, 4.69) is 5.32 Å². The van der Waals surface area contributed by atoms with Gasteiger partial charge in [0.2, 0.25) is 0 Å². The standard InChI is InChI=1S/C23H25NO5/c1-27-19-10-5-7-17(13-19)14-21(18-8-3-2-4-9-18)23(26)29-16-22(25)24-15-20-11-6-12-28-20/h2-5,7-10,13-14,20H,6,11-12,15-16H2,1H3,(H,24,25)/b21-14+/t20-/m1/s1. The summed E-state index contributed by atoms with van der Waals surface area (Å²) < 4.78 is 16.0. The zero-order valence-corrected chi connectivity index (χ0v) is 16.4. The predicted molar refractivity (Wildman–Crippen MR) is 110 cm³/mol. The van der Waals surface area contributed by atoms with Crippen molar-refractivity contribution in [3.05, 3.63) is 65.7 Å². The van der Waals surface area contributed by atoms with Crippen LogP contribution >= 0.6 is 0 Å². The van der Waals surface area contributed by atoms with Gasteiger partial charge in [-0.25, -0.2) is 4.79 Å². The van der Waals surface area contributed by atoms with Gasteiger partial charge in [-0.05, 0) is 42.2 Å². The molecule has 1 N–H and O–H groups in total. The molecule has 0 unspecified atom stereocenters. The van der Waals surface area contributed by atoms with Crippen molar-refractivity contribution in [2.24, 2.45) is 0 Å². The van der Waals surface area contributed by atoms with Crippen molar-refractivity contribution in [1.82, 2.24) is 5.32 Å². The number of amides is 1. The van der Waals surface area contributed by atoms with E-state index in [0.717, 1.165) is 25.0 Å². The molecule has 0 bridgehead atoms. The number of ether oxygens (including phenoxy) is 3. The van der Waals surface area contributed by atoms with Gasteiger partial charge in [-0.2, -0.15) is 0 Å². The molecule has 0 saturated carbocycles. The molecule has 0 aliphatic carbocycles. The molecule has 0 aromatic heterocycles. The number of esters is 1. The molecule has 0 spiro atoms. The summed E-state index contributed by atoms with van der Waals surface area (Å²) >= 11 is 0. The number of methoxy groups -OCH3 is 1. The van der Waals surface area contributed by atoms with E-state index >= 15 is 0 Å². The van der Waals surface area contributed by atoms with Gasteiger partial charge in [0, 0.05) is 13.2 Å². The van der Waals surface area contributed by atoms with E-state index in [1.165, 1.54) is 0 Å². The van der Waals surface area contributed by atoms with E-state index in [4.69, 9.17) is 14.2 Å². The molecular formula is C23H25NO5. The second-order valence-electron chi connectivity index (χ2n) is 6.72. The molecule has 1 amide bonds. The van der Waals surface area contributed by atoms with Crippen LogP contribution in [0.2, 0.25) is 0 Å². The molecular weight excluding hydrogens is 370 g/mol. The van der Waals surface area contributed by atoms with Crippen LogP contribution in [0.25, 0.3) is 11.6 Å². The quantitative estimate of drug-likeness (QED) is 0.422. The largest absolute Gasteiger partial charge is 0.497 e. The molecule has 2 aromatic carbocycles. The highest BCUT2D eigenvalue weighted by molar-refractivity contribution is 6.21. The van der Waals surface area contributed by atoms with Crippen LogP contribution < -0.4 is 10.1 Å². The third-order valence-corrected chi connectivity index (χ3v) is 4.59. The maximum atomic E-state index is 12.7. The Balaban J connectivity index is 1.67. The Hall–Kier alpha value is -3.12. The number of carbonyl (C=O) groups excluding carboxylic acids is 2. The molecule has 1 fully saturated rings. The molecule has 1 saturated heterocycles. The van der Waals surface area contributed by atoms with Crippen molar-refractivity contribution < 1.29 is 23.8 Å². The lowest BCUT2D eigenvalue weighted by Crippen LogP contribution is -2.34. The second-order valence-corrected chi connectivity index (χ2v) is 6.72. The Morgan fingerprint density at radius 3 is 2.72 bits per heavy atom. The van der Waals surface area contributed by atoms with Gasteiger partial charge in [0.15, 0.2) is 6.61 Å². The van der Waals surface area contributed by atoms with Crippen LogP contribution in [0.4, 0.5) is 0 Å². The fraction of sp³-hybridized carbons (Fsp3) is 0.304. The monoisotopic (exact) mass is 395 g/mol. The highest BCUT2D eigenvalue weighted by Crippen LogP contribution is 2.22. The van der Waals surface area contributed by atoms with Gasteiger partial charge < -0.3 is 19.5 Å². The van der Waals surface area contributed by atoms with Gasteiger partial charge >= 0.3 is 5.97 Å². The molecule has 1 aliphatic rings. The first-order valence-electron chi connectivity index (χ1n) is 9.62. The van der Waals surface area contributed by atoms with Crippen LogP contribution in [0.3, 0.4) is 0 Å². The van der Waals surface area contributed by atoms with E-state index < -0.39 is 5.97 Å². The molecule has 0 radical (unpaired) electrons. The minimum Gasteiger partial charge on any atom is -0.497 e. The van der Waals surface area contributed by atoms with Gasteiger partial charge in [0.1, 0.15) is 5.75 Å². The zero-order chi connectivity index (χ0) is 20.5. The number of rotatable bonds is 8. The number of carbonyl (C=O) groups is 2. The van der Waals surface area contributed by atoms with E-state index in [0.29, 0.717) is 23.4 Å². The lowest BCUT2D eigenvalue weighted by atomic mass is 10.0. The van der Waals surface area contributed by atoms with Crippen molar-refractivity contribution in [1.29, 1.82) is 0 Å². The first kappa shape index (κ1) is 20.6. The number of hydrogen-bond acceptors (Lipinski definition) is 5. The summed E-state index contributed by atoms with van der Waals surface area (Å²) in [5.41, 5.74) is 1.87. The van der Waals surface area contributed by atoms with Crippen LogP contribution in [-0.2, 0) is 19.1 Å². The summed E-state index contributed by atoms with van der Waals surface area (Å²) in [5, 5.41) is 2.75. The minimum atomic E-state index is -0.564. The number of benzene rings is 2. The topological polar surface area (TPSA) is 73.9 Å². The normalized spacial score (nSPS) is 16.3. The van der Waals surface area contributed by atoms with Gasteiger partial charge in [-0.3, -0.25) is 4.79 Å². The maximum Gasteiger partial charge on any atom is 0.339 e. The predicted octanol–water partition coefficient (Wildman–Crippen LogP) is 3.07. The van der Waals surface area contributed by atoms with E-state index in [1.807, 2.05) is 54.6 Å². The lowest BCUT2D eigenvalue weighted by Gasteiger charge is -2.12. The molecule has 1 heterocycles. The Labute approximate surface area is 170 Å². The second kappa shape index (κ2) is 10.4. The Morgan fingerprint density at radius 2 is 2.00 bits per heavy atom. The number of hydrogen-bond donors (Lipinski definition) is 1. The summed E-state index contributed by atoms with van der Waals surface area (Å²) in [4.78, 5) is 24.8. The first-order chi connectivity index (χ1) is 14.2. The fourth-order valence-electron chi connectivity index (χ4n) is 3.07. The molecule has 2 aromatic rings. The molecule has 1 atom stereocenters. The molecule has 3 rings (SSSR count). The summed E-state index contributed by atoms with van der Waals surface area (Å²) in [6.45, 7) is 0.820. The van der Waals surface area contributed by atoms with Crippen molar-refractivity contribution in [2.45, 2.75) is 18.9 Å². The number of nitrogens with one attached hydrogen (secondary N) is 1. The van der Waals surface area contributed by atoms with Crippen LogP contribution in [-0.4, -0.2) is 44.8 Å². The van der Waals surface area contributed by atoms with Gasteiger partial charge in [0.05, 0.1) is 18.8 Å². The van der Waals surface area contributed by atoms with E-state index in [-0.39, 0.29) is 18.6 Å². The first-order valence-corrected chi connectivity index (χ1v) is 9.62. The van der Waals surface area contributed by atoms with Gasteiger partial charge in [-0.1, -0.05) is 42.5 Å². The Bertz CT molecular complexity index is 857. The fourth-order valence-corrected chi connectivity index (χ4v) is 3.07. The smallest absolute Gasteiger partial charge is 0.339 e. The zero-order valence-electron chi connectivity index (χ0n) is 16.4.